The highest BCUT2D eigenvalue weighted by Gasteiger charge is 2.35. The van der Waals surface area contributed by atoms with Gasteiger partial charge in [0.05, 0.1) is 13.2 Å². The third kappa shape index (κ3) is 3.63. The van der Waals surface area contributed by atoms with Crippen molar-refractivity contribution in [3.63, 3.8) is 0 Å². The third-order valence-electron chi connectivity index (χ3n) is 3.94. The lowest BCUT2D eigenvalue weighted by molar-refractivity contribution is -0.141. The van der Waals surface area contributed by atoms with E-state index >= 15 is 0 Å². The molecule has 1 saturated heterocycles. The minimum atomic E-state index is -4.61. The molecule has 0 bridgehead atoms. The van der Waals surface area contributed by atoms with Crippen molar-refractivity contribution in [1.29, 1.82) is 0 Å². The quantitative estimate of drug-likeness (QED) is 0.864. The molecule has 0 spiro atoms. The van der Waals surface area contributed by atoms with Crippen LogP contribution in [0.3, 0.4) is 0 Å². The number of hydrogen-bond donors (Lipinski definition) is 2. The van der Waals surface area contributed by atoms with Gasteiger partial charge in [-0.3, -0.25) is 14.7 Å². The Morgan fingerprint density at radius 3 is 2.81 bits per heavy atom. The van der Waals surface area contributed by atoms with E-state index in [2.05, 4.69) is 10.4 Å². The molecule has 0 aliphatic carbocycles. The van der Waals surface area contributed by atoms with Gasteiger partial charge < -0.3 is 15.0 Å². The van der Waals surface area contributed by atoms with Gasteiger partial charge in [0.2, 0.25) is 5.91 Å². The van der Waals surface area contributed by atoms with Crippen LogP contribution in [0, 0.1) is 0 Å². The number of hydrogen-bond acceptors (Lipinski definition) is 4. The molecule has 138 valence electrons. The lowest BCUT2D eigenvalue weighted by atomic mass is 10.2. The molecule has 2 amide bonds. The molecule has 0 radical (unpaired) electrons. The van der Waals surface area contributed by atoms with E-state index in [1.165, 1.54) is 12.0 Å². The summed E-state index contributed by atoms with van der Waals surface area (Å²) in [7, 11) is 1.51. The molecule has 10 heteroatoms. The second kappa shape index (κ2) is 6.70. The Morgan fingerprint density at radius 1 is 1.38 bits per heavy atom. The largest absolute Gasteiger partial charge is 0.497 e. The minimum absolute atomic E-state index is 0.0412. The molecule has 7 nitrogen and oxygen atoms in total. The maximum atomic E-state index is 12.6. The van der Waals surface area contributed by atoms with E-state index in [1.54, 1.807) is 29.4 Å². The number of carbonyl (C=O) groups is 2. The molecular weight excluding hydrogens is 353 g/mol. The van der Waals surface area contributed by atoms with E-state index in [1.807, 2.05) is 0 Å². The number of alkyl halides is 3. The van der Waals surface area contributed by atoms with Gasteiger partial charge in [0.25, 0.3) is 5.91 Å². The molecule has 3 rings (SSSR count). The fourth-order valence-electron chi connectivity index (χ4n) is 2.67. The first-order chi connectivity index (χ1) is 12.3. The molecule has 0 saturated carbocycles. The van der Waals surface area contributed by atoms with E-state index in [0.29, 0.717) is 17.5 Å². The Morgan fingerprint density at radius 2 is 2.15 bits per heavy atom. The van der Waals surface area contributed by atoms with E-state index in [9.17, 15) is 22.8 Å². The van der Waals surface area contributed by atoms with Crippen LogP contribution >= 0.6 is 0 Å². The highest BCUT2D eigenvalue weighted by molar-refractivity contribution is 5.98. The van der Waals surface area contributed by atoms with E-state index < -0.39 is 23.8 Å². The van der Waals surface area contributed by atoms with Crippen molar-refractivity contribution in [2.75, 3.05) is 18.6 Å². The molecule has 1 aliphatic heterocycles. The average molecular weight is 368 g/mol. The number of methoxy groups -OCH3 is 1. The summed E-state index contributed by atoms with van der Waals surface area (Å²) in [6.45, 7) is 0.203. The molecule has 26 heavy (non-hydrogen) atoms. The summed E-state index contributed by atoms with van der Waals surface area (Å²) in [5.74, 6) is -0.400. The monoisotopic (exact) mass is 368 g/mol. The van der Waals surface area contributed by atoms with Gasteiger partial charge in [-0.2, -0.15) is 18.3 Å². The van der Waals surface area contributed by atoms with Crippen LogP contribution in [0.2, 0.25) is 0 Å². The van der Waals surface area contributed by atoms with Crippen LogP contribution in [0.25, 0.3) is 0 Å². The van der Waals surface area contributed by atoms with Crippen LogP contribution in [-0.2, 0) is 11.0 Å². The van der Waals surface area contributed by atoms with Crippen LogP contribution in [0.4, 0.5) is 18.9 Å². The molecule has 1 aliphatic rings. The number of amides is 2. The molecule has 1 fully saturated rings. The fraction of sp³-hybridized carbons (Fsp3) is 0.312. The zero-order valence-corrected chi connectivity index (χ0v) is 13.6. The SMILES string of the molecule is COc1cccc(N2CC(NC(=O)c3cc(C(F)(F)F)[nH]n3)CC2=O)c1. The van der Waals surface area contributed by atoms with Gasteiger partial charge in [0.1, 0.15) is 11.4 Å². The Hall–Kier alpha value is -3.04. The number of nitrogens with zero attached hydrogens (tertiary/aromatic N) is 2. The predicted molar refractivity (Wildman–Crippen MR) is 84.8 cm³/mol. The maximum absolute atomic E-state index is 12.6. The van der Waals surface area contributed by atoms with Crippen molar-refractivity contribution >= 4 is 17.5 Å². The number of aromatic nitrogens is 2. The number of H-pyrrole nitrogens is 1. The summed E-state index contributed by atoms with van der Waals surface area (Å²) >= 11 is 0. The molecule has 1 unspecified atom stereocenters. The Kier molecular flexibility index (Phi) is 4.58. The van der Waals surface area contributed by atoms with Gasteiger partial charge in [-0.05, 0) is 12.1 Å². The number of ether oxygens (including phenoxy) is 1. The standard InChI is InChI=1S/C16H15F3N4O3/c1-26-11-4-2-3-10(6-11)23-8-9(5-14(23)24)20-15(25)12-7-13(22-21-12)16(17,18)19/h2-4,6-7,9H,5,8H2,1H3,(H,20,25)(H,21,22). The van der Waals surface area contributed by atoms with Crippen molar-refractivity contribution in [1.82, 2.24) is 15.5 Å². The van der Waals surface area contributed by atoms with Gasteiger partial charge in [-0.15, -0.1) is 0 Å². The van der Waals surface area contributed by atoms with Gasteiger partial charge in [-0.25, -0.2) is 0 Å². The topological polar surface area (TPSA) is 87.3 Å². The Balaban J connectivity index is 1.67. The molecule has 1 aromatic carbocycles. The highest BCUT2D eigenvalue weighted by Crippen LogP contribution is 2.28. The number of anilines is 1. The van der Waals surface area contributed by atoms with Crippen LogP contribution in [0.15, 0.2) is 30.3 Å². The highest BCUT2D eigenvalue weighted by atomic mass is 19.4. The maximum Gasteiger partial charge on any atom is 0.432 e. The average Bonchev–Trinajstić information content (AvgIpc) is 3.21. The smallest absolute Gasteiger partial charge is 0.432 e. The van der Waals surface area contributed by atoms with Crippen LogP contribution < -0.4 is 15.0 Å². The second-order valence-electron chi connectivity index (χ2n) is 5.74. The van der Waals surface area contributed by atoms with Crippen molar-refractivity contribution in [2.24, 2.45) is 0 Å². The van der Waals surface area contributed by atoms with Gasteiger partial charge in [-0.1, -0.05) is 6.07 Å². The normalized spacial score (nSPS) is 17.5. The predicted octanol–water partition coefficient (Wildman–Crippen LogP) is 1.97. The van der Waals surface area contributed by atoms with Gasteiger partial charge in [0, 0.05) is 30.8 Å². The number of benzene rings is 1. The van der Waals surface area contributed by atoms with E-state index in [4.69, 9.17) is 4.74 Å². The first-order valence-electron chi connectivity index (χ1n) is 7.66. The number of nitrogens with one attached hydrogen (secondary N) is 2. The van der Waals surface area contributed by atoms with Crippen molar-refractivity contribution in [3.8, 4) is 5.75 Å². The third-order valence-corrected chi connectivity index (χ3v) is 3.94. The molecule has 2 aromatic rings. The zero-order chi connectivity index (χ0) is 18.9. The molecule has 2 heterocycles. The number of carbonyl (C=O) groups excluding carboxylic acids is 2. The van der Waals surface area contributed by atoms with E-state index in [0.717, 1.165) is 0 Å². The van der Waals surface area contributed by atoms with E-state index in [-0.39, 0.29) is 24.6 Å². The summed E-state index contributed by atoms with van der Waals surface area (Å²) in [4.78, 5) is 25.8. The van der Waals surface area contributed by atoms with Crippen molar-refractivity contribution in [2.45, 2.75) is 18.6 Å². The zero-order valence-electron chi connectivity index (χ0n) is 13.6. The van der Waals surface area contributed by atoms with Crippen LogP contribution in [0.5, 0.6) is 5.75 Å². The van der Waals surface area contributed by atoms with Crippen molar-refractivity contribution < 1.29 is 27.5 Å². The summed E-state index contributed by atoms with van der Waals surface area (Å²) in [5, 5.41) is 7.69. The van der Waals surface area contributed by atoms with Crippen LogP contribution in [-0.4, -0.2) is 41.7 Å². The van der Waals surface area contributed by atoms with Crippen molar-refractivity contribution in [3.05, 3.63) is 41.7 Å². The van der Waals surface area contributed by atoms with Gasteiger partial charge >= 0.3 is 6.18 Å². The Labute approximate surface area is 146 Å². The molecule has 1 aromatic heterocycles. The lowest BCUT2D eigenvalue weighted by Gasteiger charge is -2.17. The van der Waals surface area contributed by atoms with Crippen LogP contribution in [0.1, 0.15) is 22.6 Å². The number of aromatic amines is 1. The summed E-state index contributed by atoms with van der Waals surface area (Å²) < 4.78 is 42.8. The minimum Gasteiger partial charge on any atom is -0.497 e. The first-order valence-corrected chi connectivity index (χ1v) is 7.66. The fourth-order valence-corrected chi connectivity index (χ4v) is 2.67. The van der Waals surface area contributed by atoms with Gasteiger partial charge in [0.15, 0.2) is 5.69 Å². The summed E-state index contributed by atoms with van der Waals surface area (Å²) in [6.07, 6.45) is -4.57. The molecular formula is C16H15F3N4O3. The Bertz CT molecular complexity index is 834. The second-order valence-corrected chi connectivity index (χ2v) is 5.74. The summed E-state index contributed by atoms with van der Waals surface area (Å²) in [6, 6.07) is 6.98. The molecule has 2 N–H and O–H groups in total. The first kappa shape index (κ1) is 17.8. The molecule has 1 atom stereocenters. The lowest BCUT2D eigenvalue weighted by Crippen LogP contribution is -2.37. The summed E-state index contributed by atoms with van der Waals surface area (Å²) in [5.41, 5.74) is -0.877. The number of halogens is 3. The number of rotatable bonds is 4.